The van der Waals surface area contributed by atoms with E-state index in [4.69, 9.17) is 5.73 Å². The van der Waals surface area contributed by atoms with E-state index in [1.807, 2.05) is 0 Å². The summed E-state index contributed by atoms with van der Waals surface area (Å²) in [5.74, 6) is -0.450. The number of amides is 1. The van der Waals surface area contributed by atoms with Crippen LogP contribution in [0.1, 0.15) is 26.3 Å². The number of primary amides is 1. The third-order valence-electron chi connectivity index (χ3n) is 2.46. The quantitative estimate of drug-likeness (QED) is 0.508. The molecule has 21 heavy (non-hydrogen) atoms. The fourth-order valence-electron chi connectivity index (χ4n) is 1.79. The van der Waals surface area contributed by atoms with Crippen LogP contribution >= 0.6 is 0 Å². The number of nitro benzene ring substituents is 2. The lowest BCUT2D eigenvalue weighted by Gasteiger charge is -2.19. The van der Waals surface area contributed by atoms with Gasteiger partial charge < -0.3 is 5.73 Å². The maximum Gasteiger partial charge on any atom is 0.447 e. The Morgan fingerprint density at radius 2 is 1.76 bits per heavy atom. The molecule has 0 heterocycles. The Kier molecular flexibility index (Phi) is 4.31. The molecule has 10 heteroatoms. The van der Waals surface area contributed by atoms with E-state index in [0.717, 1.165) is 12.1 Å². The Bertz CT molecular complexity index is 607. The molecular formula is C11H13N3O7. The number of rotatable bonds is 4. The molecule has 0 aromatic heterocycles. The van der Waals surface area contributed by atoms with Gasteiger partial charge >= 0.3 is 11.8 Å². The average molecular weight is 299 g/mol. The van der Waals surface area contributed by atoms with Crippen LogP contribution in [-0.4, -0.2) is 15.9 Å². The molecule has 2 N–H and O–H groups in total. The fourth-order valence-corrected chi connectivity index (χ4v) is 1.79. The second-order valence-electron chi connectivity index (χ2n) is 5.06. The molecule has 0 bridgehead atoms. The van der Waals surface area contributed by atoms with Crippen molar-refractivity contribution in [3.05, 3.63) is 37.9 Å². The average Bonchev–Trinajstić information content (AvgIpc) is 2.33. The predicted molar refractivity (Wildman–Crippen MR) is 69.7 cm³/mol. The molecule has 0 atom stereocenters. The second kappa shape index (κ2) is 5.61. The summed E-state index contributed by atoms with van der Waals surface area (Å²) in [7, 11) is 0. The topological polar surface area (TPSA) is 148 Å². The number of carbonyl (C=O) groups excluding carboxylic acids is 1. The van der Waals surface area contributed by atoms with Gasteiger partial charge in [-0.2, -0.15) is 0 Å². The SMILES string of the molecule is CC(C)(C)c1c([N+](=O)[O-])ccc(OOC(N)=O)c1[N+](=O)[O-]. The van der Waals surface area contributed by atoms with Crippen LogP contribution in [0, 0.1) is 20.2 Å². The summed E-state index contributed by atoms with van der Waals surface area (Å²) < 4.78 is 0. The molecular weight excluding hydrogens is 286 g/mol. The molecule has 0 aliphatic rings. The lowest BCUT2D eigenvalue weighted by Crippen LogP contribution is -2.19. The van der Waals surface area contributed by atoms with Gasteiger partial charge in [0.1, 0.15) is 5.56 Å². The number of hydrogen-bond donors (Lipinski definition) is 1. The van der Waals surface area contributed by atoms with E-state index in [9.17, 15) is 25.0 Å². The van der Waals surface area contributed by atoms with E-state index in [0.29, 0.717) is 0 Å². The maximum atomic E-state index is 11.2. The zero-order chi connectivity index (χ0) is 16.4. The first kappa shape index (κ1) is 16.1. The van der Waals surface area contributed by atoms with E-state index < -0.39 is 38.5 Å². The monoisotopic (exact) mass is 299 g/mol. The van der Waals surface area contributed by atoms with Gasteiger partial charge in [-0.05, 0) is 6.07 Å². The largest absolute Gasteiger partial charge is 0.447 e. The summed E-state index contributed by atoms with van der Waals surface area (Å²) in [4.78, 5) is 39.8. The highest BCUT2D eigenvalue weighted by atomic mass is 17.2. The van der Waals surface area contributed by atoms with Crippen molar-refractivity contribution in [2.45, 2.75) is 26.2 Å². The van der Waals surface area contributed by atoms with Crippen LogP contribution in [-0.2, 0) is 10.3 Å². The Morgan fingerprint density at radius 1 is 1.19 bits per heavy atom. The molecule has 0 aliphatic heterocycles. The van der Waals surface area contributed by atoms with Gasteiger partial charge in [0.15, 0.2) is 0 Å². The highest BCUT2D eigenvalue weighted by Crippen LogP contribution is 2.43. The number of nitrogens with zero attached hydrogens (tertiary/aromatic N) is 2. The van der Waals surface area contributed by atoms with Crippen LogP contribution in [0.5, 0.6) is 5.75 Å². The van der Waals surface area contributed by atoms with Crippen LogP contribution < -0.4 is 10.6 Å². The first-order valence-corrected chi connectivity index (χ1v) is 5.66. The van der Waals surface area contributed by atoms with Crippen molar-refractivity contribution in [2.75, 3.05) is 0 Å². The van der Waals surface area contributed by atoms with Gasteiger partial charge in [0.2, 0.25) is 0 Å². The third kappa shape index (κ3) is 3.55. The summed E-state index contributed by atoms with van der Waals surface area (Å²) >= 11 is 0. The highest BCUT2D eigenvalue weighted by molar-refractivity contribution is 5.66. The molecule has 0 unspecified atom stereocenters. The molecule has 114 valence electrons. The number of nitrogens with two attached hydrogens (primary N) is 1. The molecule has 1 rings (SSSR count). The van der Waals surface area contributed by atoms with Crippen molar-refractivity contribution >= 4 is 17.5 Å². The summed E-state index contributed by atoms with van der Waals surface area (Å²) in [5.41, 5.74) is 2.55. The van der Waals surface area contributed by atoms with Crippen molar-refractivity contribution in [3.8, 4) is 5.75 Å². The highest BCUT2D eigenvalue weighted by Gasteiger charge is 2.37. The van der Waals surface area contributed by atoms with Gasteiger partial charge in [0, 0.05) is 11.5 Å². The maximum absolute atomic E-state index is 11.2. The normalized spacial score (nSPS) is 10.8. The first-order chi connectivity index (χ1) is 9.55. The van der Waals surface area contributed by atoms with E-state index >= 15 is 0 Å². The van der Waals surface area contributed by atoms with Crippen molar-refractivity contribution in [3.63, 3.8) is 0 Å². The first-order valence-electron chi connectivity index (χ1n) is 5.66. The van der Waals surface area contributed by atoms with Crippen LogP contribution in [0.2, 0.25) is 0 Å². The van der Waals surface area contributed by atoms with Crippen LogP contribution in [0.25, 0.3) is 0 Å². The molecule has 1 aromatic rings. The van der Waals surface area contributed by atoms with Gasteiger partial charge in [0.25, 0.3) is 11.4 Å². The van der Waals surface area contributed by atoms with E-state index in [2.05, 4.69) is 9.78 Å². The van der Waals surface area contributed by atoms with E-state index in [-0.39, 0.29) is 5.56 Å². The molecule has 10 nitrogen and oxygen atoms in total. The van der Waals surface area contributed by atoms with Gasteiger partial charge in [0.05, 0.1) is 9.85 Å². The van der Waals surface area contributed by atoms with Gasteiger partial charge in [-0.1, -0.05) is 20.8 Å². The summed E-state index contributed by atoms with van der Waals surface area (Å²) in [6.45, 7) is 4.71. The summed E-state index contributed by atoms with van der Waals surface area (Å²) in [5, 5.41) is 22.3. The Balaban J connectivity index is 3.60. The van der Waals surface area contributed by atoms with Gasteiger partial charge in [-0.15, -0.1) is 0 Å². The Hall–Kier alpha value is -2.91. The van der Waals surface area contributed by atoms with Crippen LogP contribution in [0.3, 0.4) is 0 Å². The lowest BCUT2D eigenvalue weighted by atomic mass is 9.84. The van der Waals surface area contributed by atoms with Crippen LogP contribution in [0.15, 0.2) is 12.1 Å². The predicted octanol–water partition coefficient (Wildman–Crippen LogP) is 2.19. The zero-order valence-electron chi connectivity index (χ0n) is 11.5. The molecule has 0 saturated heterocycles. The zero-order valence-corrected chi connectivity index (χ0v) is 11.5. The van der Waals surface area contributed by atoms with Crippen LogP contribution in [0.4, 0.5) is 16.2 Å². The Labute approximate surface area is 118 Å². The lowest BCUT2D eigenvalue weighted by molar-refractivity contribution is -0.397. The smallest absolute Gasteiger partial charge is 0.332 e. The van der Waals surface area contributed by atoms with E-state index in [1.165, 1.54) is 0 Å². The van der Waals surface area contributed by atoms with Crippen molar-refractivity contribution in [1.29, 1.82) is 0 Å². The minimum atomic E-state index is -1.31. The number of nitro groups is 2. The minimum absolute atomic E-state index is 0.150. The molecule has 0 fully saturated rings. The summed E-state index contributed by atoms with van der Waals surface area (Å²) in [6.07, 6.45) is -1.31. The molecule has 0 saturated carbocycles. The minimum Gasteiger partial charge on any atom is -0.332 e. The molecule has 1 aromatic carbocycles. The Morgan fingerprint density at radius 3 is 2.14 bits per heavy atom. The number of benzene rings is 1. The number of hydrogen-bond acceptors (Lipinski definition) is 7. The number of carbonyl (C=O) groups is 1. The van der Waals surface area contributed by atoms with Gasteiger partial charge in [-0.25, -0.2) is 9.68 Å². The van der Waals surface area contributed by atoms with Crippen molar-refractivity contribution in [2.24, 2.45) is 5.73 Å². The fraction of sp³-hybridized carbons (Fsp3) is 0.364. The standard InChI is InChI=1S/C11H13N3O7/c1-11(2,3)8-6(13(16)17)4-5-7(9(8)14(18)19)20-21-10(12)15/h4-5H,1-3H3,(H2,12,15). The van der Waals surface area contributed by atoms with Crippen molar-refractivity contribution < 1.29 is 24.4 Å². The molecule has 0 aliphatic carbocycles. The second-order valence-corrected chi connectivity index (χ2v) is 5.06. The molecule has 0 radical (unpaired) electrons. The third-order valence-corrected chi connectivity index (χ3v) is 2.46. The van der Waals surface area contributed by atoms with Crippen molar-refractivity contribution in [1.82, 2.24) is 0 Å². The van der Waals surface area contributed by atoms with Gasteiger partial charge in [-0.3, -0.25) is 25.1 Å². The molecule has 1 amide bonds. The molecule has 0 spiro atoms. The van der Waals surface area contributed by atoms with E-state index in [1.54, 1.807) is 20.8 Å². The summed E-state index contributed by atoms with van der Waals surface area (Å²) in [6, 6.07) is 2.00.